The van der Waals surface area contributed by atoms with Crippen LogP contribution in [0.1, 0.15) is 16.2 Å². The van der Waals surface area contributed by atoms with Crippen molar-refractivity contribution in [1.82, 2.24) is 9.97 Å². The zero-order valence-corrected chi connectivity index (χ0v) is 9.76. The molecule has 1 aromatic heterocycles. The lowest BCUT2D eigenvalue weighted by Crippen LogP contribution is -2.04. The van der Waals surface area contributed by atoms with Crippen molar-refractivity contribution < 1.29 is 27.8 Å². The summed E-state index contributed by atoms with van der Waals surface area (Å²) in [6.45, 7) is 0. The van der Waals surface area contributed by atoms with E-state index in [-0.39, 0.29) is 11.5 Å². The molecule has 0 amide bonds. The van der Waals surface area contributed by atoms with Gasteiger partial charge in [-0.3, -0.25) is 0 Å². The van der Waals surface area contributed by atoms with Gasteiger partial charge in [0.15, 0.2) is 5.75 Å². The van der Waals surface area contributed by atoms with Crippen molar-refractivity contribution >= 4 is 5.97 Å². The van der Waals surface area contributed by atoms with Gasteiger partial charge in [0.1, 0.15) is 5.75 Å². The molecule has 1 heterocycles. The van der Waals surface area contributed by atoms with Gasteiger partial charge in [-0.25, -0.2) is 14.8 Å². The Hall–Kier alpha value is -2.64. The molecule has 0 aliphatic heterocycles. The Balaban J connectivity index is 2.12. The Morgan fingerprint density at radius 2 is 1.60 bits per heavy atom. The van der Waals surface area contributed by atoms with Gasteiger partial charge in [-0.15, -0.1) is 0 Å². The van der Waals surface area contributed by atoms with Crippen molar-refractivity contribution in [3.05, 3.63) is 48.0 Å². The van der Waals surface area contributed by atoms with Crippen LogP contribution in [0, 0.1) is 0 Å². The van der Waals surface area contributed by atoms with Crippen LogP contribution in [0.4, 0.5) is 13.2 Å². The van der Waals surface area contributed by atoms with Crippen molar-refractivity contribution in [2.24, 2.45) is 0 Å². The molecule has 0 atom stereocenters. The predicted octanol–water partition coefficient (Wildman–Crippen LogP) is 2.99. The molecule has 0 spiro atoms. The van der Waals surface area contributed by atoms with E-state index in [1.807, 2.05) is 0 Å². The summed E-state index contributed by atoms with van der Waals surface area (Å²) in [6.07, 6.45) is -2.17. The first-order valence-corrected chi connectivity index (χ1v) is 5.27. The number of aromatic nitrogens is 2. The molecule has 1 N–H and O–H groups in total. The monoisotopic (exact) mass is 284 g/mol. The van der Waals surface area contributed by atoms with E-state index in [9.17, 15) is 18.0 Å². The van der Waals surface area contributed by atoms with Crippen LogP contribution >= 0.6 is 0 Å². The molecule has 2 aromatic rings. The second-order valence-corrected chi connectivity index (χ2v) is 3.67. The Labute approximate surface area is 110 Å². The molecule has 20 heavy (non-hydrogen) atoms. The molecule has 0 aliphatic rings. The average Bonchev–Trinajstić information content (AvgIpc) is 2.39. The number of carbonyl (C=O) groups is 1. The van der Waals surface area contributed by atoms with Crippen LogP contribution in [0.15, 0.2) is 36.7 Å². The minimum Gasteiger partial charge on any atom is -0.475 e. The molecular weight excluding hydrogens is 277 g/mol. The van der Waals surface area contributed by atoms with E-state index in [4.69, 9.17) is 9.84 Å². The smallest absolute Gasteiger partial charge is 0.416 e. The highest BCUT2D eigenvalue weighted by Gasteiger charge is 2.30. The summed E-state index contributed by atoms with van der Waals surface area (Å²) in [5.74, 6) is -1.41. The van der Waals surface area contributed by atoms with Crippen molar-refractivity contribution in [2.75, 3.05) is 0 Å². The third kappa shape index (κ3) is 3.22. The van der Waals surface area contributed by atoms with Gasteiger partial charge in [0.05, 0.1) is 18.0 Å². The summed E-state index contributed by atoms with van der Waals surface area (Å²) in [4.78, 5) is 17.6. The van der Waals surface area contributed by atoms with Gasteiger partial charge in [-0.2, -0.15) is 13.2 Å². The predicted molar refractivity (Wildman–Crippen MR) is 60.5 cm³/mol. The number of hydrogen-bond donors (Lipinski definition) is 1. The highest BCUT2D eigenvalue weighted by molar-refractivity contribution is 5.82. The molecular formula is C12H7F3N2O3. The van der Waals surface area contributed by atoms with Crippen LogP contribution in [-0.2, 0) is 6.18 Å². The third-order valence-electron chi connectivity index (χ3n) is 2.24. The molecule has 0 radical (unpaired) electrons. The second kappa shape index (κ2) is 5.16. The maximum atomic E-state index is 12.4. The van der Waals surface area contributed by atoms with Gasteiger partial charge in [-0.05, 0) is 24.3 Å². The van der Waals surface area contributed by atoms with Crippen LogP contribution in [0.5, 0.6) is 11.5 Å². The van der Waals surface area contributed by atoms with E-state index in [0.29, 0.717) is 0 Å². The molecule has 5 nitrogen and oxygen atoms in total. The van der Waals surface area contributed by atoms with Crippen molar-refractivity contribution in [3.63, 3.8) is 0 Å². The quantitative estimate of drug-likeness (QED) is 0.938. The minimum atomic E-state index is -4.41. The minimum absolute atomic E-state index is 0.120. The first-order chi connectivity index (χ1) is 9.36. The zero-order valence-electron chi connectivity index (χ0n) is 9.76. The van der Waals surface area contributed by atoms with Gasteiger partial charge < -0.3 is 9.84 Å². The molecule has 104 valence electrons. The summed E-state index contributed by atoms with van der Waals surface area (Å²) in [6, 6.07) is 4.05. The molecule has 8 heteroatoms. The highest BCUT2D eigenvalue weighted by Crippen LogP contribution is 2.31. The topological polar surface area (TPSA) is 72.3 Å². The van der Waals surface area contributed by atoms with Crippen LogP contribution in [0.2, 0.25) is 0 Å². The lowest BCUT2D eigenvalue weighted by molar-refractivity contribution is -0.137. The maximum absolute atomic E-state index is 12.4. The van der Waals surface area contributed by atoms with Crippen LogP contribution in [0.3, 0.4) is 0 Å². The Kier molecular flexibility index (Phi) is 3.55. The van der Waals surface area contributed by atoms with E-state index in [2.05, 4.69) is 9.97 Å². The van der Waals surface area contributed by atoms with E-state index >= 15 is 0 Å². The summed E-state index contributed by atoms with van der Waals surface area (Å²) in [5.41, 5.74) is -0.790. The van der Waals surface area contributed by atoms with Gasteiger partial charge in [0.25, 0.3) is 0 Å². The number of carboxylic acids is 1. The summed E-state index contributed by atoms with van der Waals surface area (Å²) in [7, 11) is 0. The number of nitrogens with zero attached hydrogens (tertiary/aromatic N) is 2. The van der Waals surface area contributed by atoms with Crippen LogP contribution < -0.4 is 4.74 Å². The number of hydrogen-bond acceptors (Lipinski definition) is 4. The van der Waals surface area contributed by atoms with E-state index < -0.39 is 23.5 Å². The summed E-state index contributed by atoms with van der Waals surface area (Å²) in [5, 5.41) is 8.60. The molecule has 0 bridgehead atoms. The average molecular weight is 284 g/mol. The number of carboxylic acid groups (broad SMARTS) is 1. The SMILES string of the molecule is O=C(O)c1ncc(Oc2ccc(C(F)(F)F)cc2)cn1. The fourth-order valence-corrected chi connectivity index (χ4v) is 1.33. The van der Waals surface area contributed by atoms with Gasteiger partial charge in [0, 0.05) is 0 Å². The summed E-state index contributed by atoms with van der Waals surface area (Å²) < 4.78 is 42.2. The van der Waals surface area contributed by atoms with Crippen molar-refractivity contribution in [1.29, 1.82) is 0 Å². The second-order valence-electron chi connectivity index (χ2n) is 3.67. The standard InChI is InChI=1S/C12H7F3N2O3/c13-12(14,15)7-1-3-8(4-2-7)20-9-5-16-10(11(18)19)17-6-9/h1-6H,(H,18,19). The van der Waals surface area contributed by atoms with Gasteiger partial charge in [-0.1, -0.05) is 0 Å². The number of halogens is 3. The van der Waals surface area contributed by atoms with E-state index in [0.717, 1.165) is 36.7 Å². The largest absolute Gasteiger partial charge is 0.475 e. The molecule has 0 aliphatic carbocycles. The number of aromatic carboxylic acids is 1. The highest BCUT2D eigenvalue weighted by atomic mass is 19.4. The first-order valence-electron chi connectivity index (χ1n) is 5.27. The lowest BCUT2D eigenvalue weighted by atomic mass is 10.2. The van der Waals surface area contributed by atoms with Crippen LogP contribution in [0.25, 0.3) is 0 Å². The van der Waals surface area contributed by atoms with Gasteiger partial charge >= 0.3 is 12.1 Å². The van der Waals surface area contributed by atoms with E-state index in [1.165, 1.54) is 0 Å². The van der Waals surface area contributed by atoms with E-state index in [1.54, 1.807) is 0 Å². The maximum Gasteiger partial charge on any atom is 0.416 e. The Bertz CT molecular complexity index is 609. The number of benzene rings is 1. The fourth-order valence-electron chi connectivity index (χ4n) is 1.33. The zero-order chi connectivity index (χ0) is 14.8. The molecule has 0 fully saturated rings. The molecule has 0 saturated carbocycles. The molecule has 1 aromatic carbocycles. The van der Waals surface area contributed by atoms with Crippen molar-refractivity contribution in [3.8, 4) is 11.5 Å². The number of rotatable bonds is 3. The Morgan fingerprint density at radius 3 is 2.05 bits per heavy atom. The molecule has 0 unspecified atom stereocenters. The summed E-state index contributed by atoms with van der Waals surface area (Å²) >= 11 is 0. The molecule has 2 rings (SSSR count). The van der Waals surface area contributed by atoms with Gasteiger partial charge in [0.2, 0.25) is 5.82 Å². The number of ether oxygens (including phenoxy) is 1. The third-order valence-corrected chi connectivity index (χ3v) is 2.24. The number of alkyl halides is 3. The fraction of sp³-hybridized carbons (Fsp3) is 0.0833. The van der Waals surface area contributed by atoms with Crippen LogP contribution in [-0.4, -0.2) is 21.0 Å². The Morgan fingerprint density at radius 1 is 1.05 bits per heavy atom. The molecule has 0 saturated heterocycles. The lowest BCUT2D eigenvalue weighted by Gasteiger charge is -2.08. The normalized spacial score (nSPS) is 11.2. The van der Waals surface area contributed by atoms with Crippen molar-refractivity contribution in [2.45, 2.75) is 6.18 Å². The first kappa shape index (κ1) is 13.8.